The van der Waals surface area contributed by atoms with Crippen LogP contribution in [0.15, 0.2) is 0 Å². The van der Waals surface area contributed by atoms with E-state index in [0.29, 0.717) is 17.8 Å². The molecule has 0 unspecified atom stereocenters. The maximum Gasteiger partial charge on any atom is 0.293 e. The molecule has 0 bridgehead atoms. The molecule has 0 spiro atoms. The third-order valence-corrected chi connectivity index (χ3v) is 3.79. The Morgan fingerprint density at radius 2 is 2.11 bits per heavy atom. The zero-order valence-corrected chi connectivity index (χ0v) is 11.3. The molecule has 6 heteroatoms. The van der Waals surface area contributed by atoms with Crippen molar-refractivity contribution in [2.24, 2.45) is 0 Å². The van der Waals surface area contributed by atoms with Gasteiger partial charge in [-0.3, -0.25) is 9.89 Å². The second-order valence-corrected chi connectivity index (χ2v) is 5.27. The molecule has 0 atom stereocenters. The van der Waals surface area contributed by atoms with Gasteiger partial charge in [-0.05, 0) is 32.6 Å². The van der Waals surface area contributed by atoms with Gasteiger partial charge in [0.25, 0.3) is 5.91 Å². The second kappa shape index (κ2) is 5.28. The highest BCUT2D eigenvalue weighted by atomic mass is 16.5. The molecule has 6 nitrogen and oxygen atoms in total. The molecule has 2 fully saturated rings. The number of hydrogen-bond donors (Lipinski definition) is 1. The molecule has 0 radical (unpaired) electrons. The zero-order chi connectivity index (χ0) is 13.2. The Hall–Kier alpha value is -1.43. The van der Waals surface area contributed by atoms with Crippen LogP contribution < -0.4 is 0 Å². The lowest BCUT2D eigenvalue weighted by Crippen LogP contribution is -2.41. The van der Waals surface area contributed by atoms with Crippen LogP contribution in [0.1, 0.15) is 55.0 Å². The second-order valence-electron chi connectivity index (χ2n) is 5.27. The Balaban J connectivity index is 1.57. The molecule has 3 rings (SSSR count). The van der Waals surface area contributed by atoms with Gasteiger partial charge in [0.2, 0.25) is 5.82 Å². The predicted molar refractivity (Wildman–Crippen MR) is 68.9 cm³/mol. The molecule has 1 aliphatic heterocycles. The van der Waals surface area contributed by atoms with Crippen LogP contribution >= 0.6 is 0 Å². The van der Waals surface area contributed by atoms with Crippen LogP contribution in [0.5, 0.6) is 0 Å². The fraction of sp³-hybridized carbons (Fsp3) is 0.769. The lowest BCUT2D eigenvalue weighted by Gasteiger charge is -2.30. The van der Waals surface area contributed by atoms with Crippen LogP contribution in [-0.4, -0.2) is 51.8 Å². The number of amides is 1. The van der Waals surface area contributed by atoms with Crippen LogP contribution in [0, 0.1) is 0 Å². The zero-order valence-electron chi connectivity index (χ0n) is 11.3. The van der Waals surface area contributed by atoms with Crippen molar-refractivity contribution in [3.05, 3.63) is 11.6 Å². The molecule has 1 N–H and O–H groups in total. The third kappa shape index (κ3) is 2.78. The number of aromatic amines is 1. The number of hydrogen-bond acceptors (Lipinski definition) is 4. The van der Waals surface area contributed by atoms with Crippen molar-refractivity contribution >= 4 is 5.91 Å². The largest absolute Gasteiger partial charge is 0.378 e. The van der Waals surface area contributed by atoms with Gasteiger partial charge in [0, 0.05) is 25.6 Å². The number of piperidine rings is 1. The number of aromatic nitrogens is 3. The van der Waals surface area contributed by atoms with E-state index in [1.165, 1.54) is 0 Å². The van der Waals surface area contributed by atoms with Crippen molar-refractivity contribution in [3.63, 3.8) is 0 Å². The molecular weight excluding hydrogens is 244 g/mol. The summed E-state index contributed by atoms with van der Waals surface area (Å²) in [6, 6.07) is 0. The summed E-state index contributed by atoms with van der Waals surface area (Å²) in [5.41, 5.74) is 0. The number of rotatable bonds is 4. The summed E-state index contributed by atoms with van der Waals surface area (Å²) in [5.74, 6) is 1.63. The minimum atomic E-state index is -0.0573. The third-order valence-electron chi connectivity index (χ3n) is 3.79. The topological polar surface area (TPSA) is 71.1 Å². The van der Waals surface area contributed by atoms with Crippen LogP contribution in [-0.2, 0) is 4.74 Å². The summed E-state index contributed by atoms with van der Waals surface area (Å²) in [5, 5.41) is 6.93. The molecule has 104 valence electrons. The molecule has 2 heterocycles. The summed E-state index contributed by atoms with van der Waals surface area (Å²) in [6.07, 6.45) is 4.41. The van der Waals surface area contributed by atoms with Crippen molar-refractivity contribution < 1.29 is 9.53 Å². The smallest absolute Gasteiger partial charge is 0.293 e. The van der Waals surface area contributed by atoms with E-state index < -0.39 is 0 Å². The molecular formula is C13H20N4O2. The SMILES string of the molecule is CCOC1CCN(C(=O)c2n[nH]c(C3CC3)n2)CC1. The highest BCUT2D eigenvalue weighted by Crippen LogP contribution is 2.37. The van der Waals surface area contributed by atoms with Gasteiger partial charge in [-0.1, -0.05) is 0 Å². The van der Waals surface area contributed by atoms with E-state index in [0.717, 1.165) is 51.2 Å². The Morgan fingerprint density at radius 1 is 1.37 bits per heavy atom. The van der Waals surface area contributed by atoms with E-state index in [1.807, 2.05) is 11.8 Å². The Morgan fingerprint density at radius 3 is 2.74 bits per heavy atom. The summed E-state index contributed by atoms with van der Waals surface area (Å²) in [6.45, 7) is 4.21. The molecule has 1 aliphatic carbocycles. The van der Waals surface area contributed by atoms with Gasteiger partial charge in [0.1, 0.15) is 5.82 Å². The summed E-state index contributed by atoms with van der Waals surface area (Å²) in [4.78, 5) is 18.4. The highest BCUT2D eigenvalue weighted by Gasteiger charge is 2.30. The Kier molecular flexibility index (Phi) is 3.50. The van der Waals surface area contributed by atoms with Gasteiger partial charge < -0.3 is 9.64 Å². The fourth-order valence-electron chi connectivity index (χ4n) is 2.51. The first-order valence-corrected chi connectivity index (χ1v) is 7.11. The number of likely N-dealkylation sites (tertiary alicyclic amines) is 1. The maximum atomic E-state index is 12.3. The standard InChI is InChI=1S/C13H20N4O2/c1-2-19-10-5-7-17(8-6-10)13(18)12-14-11(15-16-12)9-3-4-9/h9-10H,2-8H2,1H3,(H,14,15,16). The van der Waals surface area contributed by atoms with E-state index >= 15 is 0 Å². The average Bonchev–Trinajstić information content (AvgIpc) is 3.17. The van der Waals surface area contributed by atoms with Gasteiger partial charge in [-0.15, -0.1) is 5.10 Å². The van der Waals surface area contributed by atoms with Gasteiger partial charge in [-0.25, -0.2) is 4.98 Å². The maximum absolute atomic E-state index is 12.3. The molecule has 1 aromatic rings. The number of H-pyrrole nitrogens is 1. The number of nitrogens with one attached hydrogen (secondary N) is 1. The molecule has 1 saturated heterocycles. The van der Waals surface area contributed by atoms with Gasteiger partial charge >= 0.3 is 0 Å². The van der Waals surface area contributed by atoms with E-state index in [1.54, 1.807) is 0 Å². The summed E-state index contributed by atoms with van der Waals surface area (Å²) in [7, 11) is 0. The Labute approximate surface area is 112 Å². The minimum Gasteiger partial charge on any atom is -0.378 e. The van der Waals surface area contributed by atoms with Gasteiger partial charge in [-0.2, -0.15) is 0 Å². The average molecular weight is 264 g/mol. The number of carbonyl (C=O) groups is 1. The van der Waals surface area contributed by atoms with Crippen LogP contribution in [0.4, 0.5) is 0 Å². The van der Waals surface area contributed by atoms with Crippen molar-refractivity contribution in [1.82, 2.24) is 20.1 Å². The van der Waals surface area contributed by atoms with Crippen molar-refractivity contribution in [1.29, 1.82) is 0 Å². The van der Waals surface area contributed by atoms with Crippen LogP contribution in [0.25, 0.3) is 0 Å². The fourth-order valence-corrected chi connectivity index (χ4v) is 2.51. The van der Waals surface area contributed by atoms with Crippen molar-refractivity contribution in [2.45, 2.75) is 44.6 Å². The first-order valence-electron chi connectivity index (χ1n) is 7.11. The molecule has 19 heavy (non-hydrogen) atoms. The van der Waals surface area contributed by atoms with Crippen LogP contribution in [0.3, 0.4) is 0 Å². The van der Waals surface area contributed by atoms with Crippen molar-refractivity contribution in [2.75, 3.05) is 19.7 Å². The first-order chi connectivity index (χ1) is 9.28. The molecule has 2 aliphatic rings. The van der Waals surface area contributed by atoms with Crippen molar-refractivity contribution in [3.8, 4) is 0 Å². The molecule has 1 aromatic heterocycles. The predicted octanol–water partition coefficient (Wildman–Crippen LogP) is 1.32. The normalized spacial score (nSPS) is 20.8. The highest BCUT2D eigenvalue weighted by molar-refractivity contribution is 5.90. The van der Waals surface area contributed by atoms with E-state index in [2.05, 4.69) is 15.2 Å². The number of carbonyl (C=O) groups excluding carboxylic acids is 1. The lowest BCUT2D eigenvalue weighted by atomic mass is 10.1. The summed E-state index contributed by atoms with van der Waals surface area (Å²) >= 11 is 0. The molecule has 1 amide bonds. The number of ether oxygens (including phenoxy) is 1. The lowest BCUT2D eigenvalue weighted by molar-refractivity contribution is 0.0142. The molecule has 0 aromatic carbocycles. The first kappa shape index (κ1) is 12.6. The quantitative estimate of drug-likeness (QED) is 0.890. The van der Waals surface area contributed by atoms with Crippen LogP contribution in [0.2, 0.25) is 0 Å². The monoisotopic (exact) mass is 264 g/mol. The van der Waals surface area contributed by atoms with E-state index in [-0.39, 0.29) is 5.91 Å². The minimum absolute atomic E-state index is 0.0573. The molecule has 1 saturated carbocycles. The van der Waals surface area contributed by atoms with Gasteiger partial charge in [0.15, 0.2) is 0 Å². The Bertz CT molecular complexity index is 447. The van der Waals surface area contributed by atoms with E-state index in [9.17, 15) is 4.79 Å². The van der Waals surface area contributed by atoms with Gasteiger partial charge in [0.05, 0.1) is 6.10 Å². The van der Waals surface area contributed by atoms with E-state index in [4.69, 9.17) is 4.74 Å². The summed E-state index contributed by atoms with van der Waals surface area (Å²) < 4.78 is 5.59. The number of nitrogens with zero attached hydrogens (tertiary/aromatic N) is 3.